The summed E-state index contributed by atoms with van der Waals surface area (Å²) in [7, 11) is 0. The molecular weight excluding hydrogens is 174 g/mol. The number of hydrogen-bond donors (Lipinski definition) is 1. The van der Waals surface area contributed by atoms with Gasteiger partial charge in [0.1, 0.15) is 0 Å². The van der Waals surface area contributed by atoms with E-state index in [9.17, 15) is 4.79 Å². The monoisotopic (exact) mass is 191 g/mol. The van der Waals surface area contributed by atoms with E-state index in [1.807, 2.05) is 20.8 Å². The molecule has 2 heteroatoms. The number of hydrogen-bond acceptors (Lipinski definition) is 1. The van der Waals surface area contributed by atoms with Gasteiger partial charge in [0.15, 0.2) is 0 Å². The third kappa shape index (κ3) is 3.95. The topological polar surface area (TPSA) is 43.1 Å². The molecule has 0 unspecified atom stereocenters. The standard InChI is InChI=1S/C12H17NO/c1-8(2)9(3)6-7-10(4)11(5)12(13)14/h1-5H3,(H2,13,14)/b11-10-. The van der Waals surface area contributed by atoms with Crippen LogP contribution in [0.3, 0.4) is 0 Å². The molecule has 76 valence electrons. The Morgan fingerprint density at radius 2 is 1.36 bits per heavy atom. The summed E-state index contributed by atoms with van der Waals surface area (Å²) in [6.07, 6.45) is 0. The third-order valence-corrected chi connectivity index (χ3v) is 2.12. The van der Waals surface area contributed by atoms with Crippen molar-refractivity contribution in [2.45, 2.75) is 34.6 Å². The van der Waals surface area contributed by atoms with Gasteiger partial charge < -0.3 is 5.73 Å². The average Bonchev–Trinajstić information content (AvgIpc) is 2.11. The third-order valence-electron chi connectivity index (χ3n) is 2.12. The molecular formula is C12H17NO. The Morgan fingerprint density at radius 3 is 1.71 bits per heavy atom. The number of allylic oxidation sites excluding steroid dienone is 3. The van der Waals surface area contributed by atoms with Crippen LogP contribution in [0.2, 0.25) is 0 Å². The van der Waals surface area contributed by atoms with Crippen molar-refractivity contribution in [2.24, 2.45) is 5.73 Å². The quantitative estimate of drug-likeness (QED) is 0.501. The number of carbonyl (C=O) groups excluding carboxylic acids is 1. The summed E-state index contributed by atoms with van der Waals surface area (Å²) in [6, 6.07) is 0. The number of primary amides is 1. The molecule has 0 spiro atoms. The summed E-state index contributed by atoms with van der Waals surface area (Å²) in [5, 5.41) is 0. The van der Waals surface area contributed by atoms with E-state index in [1.54, 1.807) is 13.8 Å². The molecule has 0 aromatic carbocycles. The highest BCUT2D eigenvalue weighted by atomic mass is 16.1. The molecule has 0 bridgehead atoms. The van der Waals surface area contributed by atoms with Crippen molar-refractivity contribution in [3.63, 3.8) is 0 Å². The number of amides is 1. The highest BCUT2D eigenvalue weighted by Crippen LogP contribution is 2.03. The average molecular weight is 191 g/mol. The van der Waals surface area contributed by atoms with Crippen molar-refractivity contribution < 1.29 is 4.79 Å². The van der Waals surface area contributed by atoms with Crippen LogP contribution in [0, 0.1) is 11.8 Å². The van der Waals surface area contributed by atoms with Gasteiger partial charge in [-0.05, 0) is 40.2 Å². The first-order chi connectivity index (χ1) is 6.36. The van der Waals surface area contributed by atoms with Gasteiger partial charge in [-0.25, -0.2) is 0 Å². The zero-order valence-corrected chi connectivity index (χ0v) is 9.49. The maximum Gasteiger partial charge on any atom is 0.245 e. The highest BCUT2D eigenvalue weighted by Gasteiger charge is 1.99. The molecule has 0 fully saturated rings. The Hall–Kier alpha value is -1.49. The summed E-state index contributed by atoms with van der Waals surface area (Å²) < 4.78 is 0. The minimum absolute atomic E-state index is 0.411. The maximum atomic E-state index is 10.8. The lowest BCUT2D eigenvalue weighted by atomic mass is 10.1. The SMILES string of the molecule is CC(C)=C(C)C#C/C(C)=C(/C)C(N)=O. The van der Waals surface area contributed by atoms with Gasteiger partial charge >= 0.3 is 0 Å². The number of rotatable bonds is 1. The van der Waals surface area contributed by atoms with Crippen molar-refractivity contribution >= 4 is 5.91 Å². The van der Waals surface area contributed by atoms with Crippen LogP contribution in [0.25, 0.3) is 0 Å². The summed E-state index contributed by atoms with van der Waals surface area (Å²) in [5.41, 5.74) is 8.60. The van der Waals surface area contributed by atoms with Gasteiger partial charge in [-0.2, -0.15) is 0 Å². The molecule has 1 amide bonds. The van der Waals surface area contributed by atoms with E-state index in [4.69, 9.17) is 5.73 Å². The lowest BCUT2D eigenvalue weighted by molar-refractivity contribution is -0.114. The van der Waals surface area contributed by atoms with E-state index >= 15 is 0 Å². The van der Waals surface area contributed by atoms with E-state index < -0.39 is 5.91 Å². The second-order valence-electron chi connectivity index (χ2n) is 3.49. The van der Waals surface area contributed by atoms with Crippen molar-refractivity contribution in [3.05, 3.63) is 22.3 Å². The molecule has 0 atom stereocenters. The highest BCUT2D eigenvalue weighted by molar-refractivity contribution is 5.92. The Kier molecular flexibility index (Phi) is 4.72. The van der Waals surface area contributed by atoms with Gasteiger partial charge in [0.25, 0.3) is 0 Å². The first-order valence-electron chi connectivity index (χ1n) is 4.49. The number of carbonyl (C=O) groups is 1. The molecule has 0 radical (unpaired) electrons. The molecule has 0 aliphatic rings. The van der Waals surface area contributed by atoms with Gasteiger partial charge in [0.05, 0.1) is 0 Å². The van der Waals surface area contributed by atoms with Crippen LogP contribution in [-0.2, 0) is 4.79 Å². The van der Waals surface area contributed by atoms with Crippen molar-refractivity contribution in [1.29, 1.82) is 0 Å². The largest absolute Gasteiger partial charge is 0.366 e. The van der Waals surface area contributed by atoms with Gasteiger partial charge in [0, 0.05) is 11.1 Å². The Bertz CT molecular complexity index is 358. The molecule has 0 aromatic heterocycles. The van der Waals surface area contributed by atoms with E-state index in [0.29, 0.717) is 5.57 Å². The van der Waals surface area contributed by atoms with E-state index in [1.165, 1.54) is 5.57 Å². The molecule has 0 saturated heterocycles. The van der Waals surface area contributed by atoms with Crippen molar-refractivity contribution in [1.82, 2.24) is 0 Å². The van der Waals surface area contributed by atoms with Crippen LogP contribution in [0.1, 0.15) is 34.6 Å². The Balaban J connectivity index is 4.96. The molecule has 2 N–H and O–H groups in total. The fraction of sp³-hybridized carbons (Fsp3) is 0.417. The molecule has 14 heavy (non-hydrogen) atoms. The minimum Gasteiger partial charge on any atom is -0.366 e. The first-order valence-corrected chi connectivity index (χ1v) is 4.49. The lowest BCUT2D eigenvalue weighted by Crippen LogP contribution is -2.12. The minimum atomic E-state index is -0.411. The van der Waals surface area contributed by atoms with Crippen LogP contribution in [0.4, 0.5) is 0 Å². The fourth-order valence-corrected chi connectivity index (χ4v) is 0.591. The summed E-state index contributed by atoms with van der Waals surface area (Å²) in [6.45, 7) is 9.44. The number of nitrogens with two attached hydrogens (primary N) is 1. The second-order valence-corrected chi connectivity index (χ2v) is 3.49. The summed E-state index contributed by atoms with van der Waals surface area (Å²) >= 11 is 0. The van der Waals surface area contributed by atoms with E-state index in [2.05, 4.69) is 11.8 Å². The predicted molar refractivity (Wildman–Crippen MR) is 59.4 cm³/mol. The van der Waals surface area contributed by atoms with E-state index in [-0.39, 0.29) is 0 Å². The molecule has 0 aliphatic carbocycles. The van der Waals surface area contributed by atoms with E-state index in [0.717, 1.165) is 11.1 Å². The van der Waals surface area contributed by atoms with Crippen LogP contribution >= 0.6 is 0 Å². The molecule has 0 rings (SSSR count). The zero-order chi connectivity index (χ0) is 11.3. The zero-order valence-electron chi connectivity index (χ0n) is 9.49. The second kappa shape index (κ2) is 5.29. The molecule has 0 heterocycles. The van der Waals surface area contributed by atoms with Crippen LogP contribution in [0.5, 0.6) is 0 Å². The van der Waals surface area contributed by atoms with Crippen LogP contribution in [0.15, 0.2) is 22.3 Å². The summed E-state index contributed by atoms with van der Waals surface area (Å²) in [5.74, 6) is 5.49. The van der Waals surface area contributed by atoms with Gasteiger partial charge in [0.2, 0.25) is 5.91 Å². The maximum absolute atomic E-state index is 10.8. The van der Waals surface area contributed by atoms with Gasteiger partial charge in [-0.15, -0.1) is 0 Å². The lowest BCUT2D eigenvalue weighted by Gasteiger charge is -1.96. The van der Waals surface area contributed by atoms with Gasteiger partial charge in [-0.3, -0.25) is 4.79 Å². The van der Waals surface area contributed by atoms with Gasteiger partial charge in [-0.1, -0.05) is 17.4 Å². The van der Waals surface area contributed by atoms with Crippen molar-refractivity contribution in [3.8, 4) is 11.8 Å². The predicted octanol–water partition coefficient (Wildman–Crippen LogP) is 2.17. The van der Waals surface area contributed by atoms with Crippen LogP contribution in [-0.4, -0.2) is 5.91 Å². The van der Waals surface area contributed by atoms with Crippen molar-refractivity contribution in [2.75, 3.05) is 0 Å². The molecule has 0 saturated carbocycles. The fourth-order valence-electron chi connectivity index (χ4n) is 0.591. The Morgan fingerprint density at radius 1 is 0.929 bits per heavy atom. The first kappa shape index (κ1) is 12.5. The Labute approximate surface area is 85.9 Å². The summed E-state index contributed by atoms with van der Waals surface area (Å²) in [4.78, 5) is 10.8. The van der Waals surface area contributed by atoms with Crippen LogP contribution < -0.4 is 5.73 Å². The molecule has 0 aliphatic heterocycles. The smallest absolute Gasteiger partial charge is 0.245 e. The normalized spacial score (nSPS) is 10.9. The molecule has 0 aromatic rings. The molecule has 2 nitrogen and oxygen atoms in total.